The molecule has 1 atom stereocenters. The van der Waals surface area contributed by atoms with E-state index in [1.165, 1.54) is 5.56 Å². The van der Waals surface area contributed by atoms with Gasteiger partial charge in [0.25, 0.3) is 0 Å². The Morgan fingerprint density at radius 2 is 2.29 bits per heavy atom. The number of aromatic nitrogens is 2. The summed E-state index contributed by atoms with van der Waals surface area (Å²) in [6.07, 6.45) is 4.74. The molecule has 1 heterocycles. The molecule has 4 nitrogen and oxygen atoms in total. The van der Waals surface area contributed by atoms with E-state index in [2.05, 4.69) is 53.0 Å². The van der Waals surface area contributed by atoms with Crippen LogP contribution >= 0.6 is 11.8 Å². The first-order chi connectivity index (χ1) is 10.2. The van der Waals surface area contributed by atoms with E-state index >= 15 is 0 Å². The number of benzene rings is 1. The van der Waals surface area contributed by atoms with Crippen LogP contribution in [0.1, 0.15) is 17.5 Å². The molecule has 0 aliphatic carbocycles. The Hall–Kier alpha value is -1.30. The molecule has 21 heavy (non-hydrogen) atoms. The molecule has 1 unspecified atom stereocenters. The molecule has 2 aromatic rings. The quantitative estimate of drug-likeness (QED) is 0.701. The van der Waals surface area contributed by atoms with E-state index in [9.17, 15) is 0 Å². The number of nitrogens with one attached hydrogen (secondary N) is 2. The molecule has 0 saturated heterocycles. The second-order valence-electron chi connectivity index (χ2n) is 5.19. The number of H-pyrrole nitrogens is 1. The molecule has 0 aliphatic heterocycles. The summed E-state index contributed by atoms with van der Waals surface area (Å²) in [5.74, 6) is 0.998. The Labute approximate surface area is 130 Å². The van der Waals surface area contributed by atoms with Crippen molar-refractivity contribution in [2.45, 2.75) is 25.9 Å². The second kappa shape index (κ2) is 8.22. The van der Waals surface area contributed by atoms with Crippen molar-refractivity contribution in [3.63, 3.8) is 0 Å². The lowest BCUT2D eigenvalue weighted by molar-refractivity contribution is 0.270. The van der Waals surface area contributed by atoms with Crippen LogP contribution in [0.25, 0.3) is 11.3 Å². The minimum Gasteiger partial charge on any atom is -0.396 e. The zero-order valence-corrected chi connectivity index (χ0v) is 13.4. The van der Waals surface area contributed by atoms with Gasteiger partial charge in [-0.25, -0.2) is 0 Å². The summed E-state index contributed by atoms with van der Waals surface area (Å²) in [7, 11) is 0. The summed E-state index contributed by atoms with van der Waals surface area (Å²) in [6, 6.07) is 8.73. The molecule has 0 fully saturated rings. The van der Waals surface area contributed by atoms with Gasteiger partial charge in [0.05, 0.1) is 11.9 Å². The molecule has 5 heteroatoms. The van der Waals surface area contributed by atoms with Gasteiger partial charge in [-0.2, -0.15) is 16.9 Å². The highest BCUT2D eigenvalue weighted by Crippen LogP contribution is 2.22. The van der Waals surface area contributed by atoms with Crippen LogP contribution < -0.4 is 5.32 Å². The van der Waals surface area contributed by atoms with E-state index < -0.39 is 0 Å². The van der Waals surface area contributed by atoms with Gasteiger partial charge in [0.1, 0.15) is 0 Å². The SMILES string of the molecule is CSCC(CCO)NCc1cn[nH]c1-c1cccc(C)c1. The highest BCUT2D eigenvalue weighted by molar-refractivity contribution is 7.98. The topological polar surface area (TPSA) is 60.9 Å². The molecule has 0 amide bonds. The van der Waals surface area contributed by atoms with Gasteiger partial charge in [0.2, 0.25) is 0 Å². The largest absolute Gasteiger partial charge is 0.396 e. The summed E-state index contributed by atoms with van der Waals surface area (Å²) in [5, 5.41) is 19.9. The number of aromatic amines is 1. The lowest BCUT2D eigenvalue weighted by Gasteiger charge is -2.16. The molecule has 0 spiro atoms. The number of aryl methyl sites for hydroxylation is 1. The third kappa shape index (κ3) is 4.59. The van der Waals surface area contributed by atoms with Gasteiger partial charge in [-0.3, -0.25) is 5.10 Å². The van der Waals surface area contributed by atoms with E-state index in [1.54, 1.807) is 11.8 Å². The van der Waals surface area contributed by atoms with Crippen LogP contribution in [0.5, 0.6) is 0 Å². The highest BCUT2D eigenvalue weighted by Gasteiger charge is 2.11. The van der Waals surface area contributed by atoms with E-state index in [-0.39, 0.29) is 6.61 Å². The van der Waals surface area contributed by atoms with Crippen LogP contribution in [-0.4, -0.2) is 40.0 Å². The van der Waals surface area contributed by atoms with Crippen LogP contribution in [0.15, 0.2) is 30.5 Å². The van der Waals surface area contributed by atoms with Crippen molar-refractivity contribution in [3.05, 3.63) is 41.6 Å². The summed E-state index contributed by atoms with van der Waals surface area (Å²) in [4.78, 5) is 0. The van der Waals surface area contributed by atoms with E-state index in [0.29, 0.717) is 6.04 Å². The molecule has 0 bridgehead atoms. The lowest BCUT2D eigenvalue weighted by Crippen LogP contribution is -2.31. The third-order valence-corrected chi connectivity index (χ3v) is 4.19. The van der Waals surface area contributed by atoms with Gasteiger partial charge in [0.15, 0.2) is 0 Å². The van der Waals surface area contributed by atoms with Crippen molar-refractivity contribution >= 4 is 11.8 Å². The number of hydrogen-bond acceptors (Lipinski definition) is 4. The summed E-state index contributed by atoms with van der Waals surface area (Å²) < 4.78 is 0. The lowest BCUT2D eigenvalue weighted by atomic mass is 10.1. The fraction of sp³-hybridized carbons (Fsp3) is 0.438. The normalized spacial score (nSPS) is 12.5. The monoisotopic (exact) mass is 305 g/mol. The molecule has 0 radical (unpaired) electrons. The Bertz CT molecular complexity index is 550. The fourth-order valence-electron chi connectivity index (χ4n) is 2.35. The summed E-state index contributed by atoms with van der Waals surface area (Å²) in [6.45, 7) is 3.06. The standard InChI is InChI=1S/C16H23N3OS/c1-12-4-3-5-13(8-12)16-14(10-18-19-16)9-17-15(6-7-20)11-21-2/h3-5,8,10,15,17,20H,6-7,9,11H2,1-2H3,(H,18,19). The van der Waals surface area contributed by atoms with Gasteiger partial charge in [-0.1, -0.05) is 23.8 Å². The predicted octanol–water partition coefficient (Wildman–Crippen LogP) is 2.59. The Morgan fingerprint density at radius 3 is 3.00 bits per heavy atom. The maximum Gasteiger partial charge on any atom is 0.0695 e. The number of rotatable bonds is 8. The smallest absolute Gasteiger partial charge is 0.0695 e. The molecule has 0 saturated carbocycles. The van der Waals surface area contributed by atoms with Gasteiger partial charge < -0.3 is 10.4 Å². The molecular weight excluding hydrogens is 282 g/mol. The molecule has 1 aromatic carbocycles. The average Bonchev–Trinajstić information content (AvgIpc) is 2.94. The Kier molecular flexibility index (Phi) is 6.29. The zero-order chi connectivity index (χ0) is 15.1. The van der Waals surface area contributed by atoms with Crippen LogP contribution in [-0.2, 0) is 6.54 Å². The molecule has 114 valence electrons. The van der Waals surface area contributed by atoms with Crippen molar-refractivity contribution < 1.29 is 5.11 Å². The first-order valence-electron chi connectivity index (χ1n) is 7.17. The van der Waals surface area contributed by atoms with Crippen molar-refractivity contribution in [1.29, 1.82) is 0 Å². The Balaban J connectivity index is 2.06. The maximum absolute atomic E-state index is 9.12. The van der Waals surface area contributed by atoms with Gasteiger partial charge in [0, 0.05) is 36.1 Å². The van der Waals surface area contributed by atoms with Crippen LogP contribution in [0.4, 0.5) is 0 Å². The maximum atomic E-state index is 9.12. The minimum absolute atomic E-state index is 0.217. The van der Waals surface area contributed by atoms with Crippen LogP contribution in [0.3, 0.4) is 0 Å². The van der Waals surface area contributed by atoms with Crippen molar-refractivity contribution in [1.82, 2.24) is 15.5 Å². The number of thioether (sulfide) groups is 1. The number of hydrogen-bond donors (Lipinski definition) is 3. The summed E-state index contributed by atoms with van der Waals surface area (Å²) >= 11 is 1.79. The van der Waals surface area contributed by atoms with E-state index in [4.69, 9.17) is 5.11 Å². The second-order valence-corrected chi connectivity index (χ2v) is 6.10. The number of nitrogens with zero attached hydrogens (tertiary/aromatic N) is 1. The number of aliphatic hydroxyl groups is 1. The number of aliphatic hydroxyl groups excluding tert-OH is 1. The molecule has 3 N–H and O–H groups in total. The first kappa shape index (κ1) is 16.1. The Morgan fingerprint density at radius 1 is 1.43 bits per heavy atom. The van der Waals surface area contributed by atoms with Crippen LogP contribution in [0, 0.1) is 6.92 Å². The highest BCUT2D eigenvalue weighted by atomic mass is 32.2. The molecule has 0 aliphatic rings. The fourth-order valence-corrected chi connectivity index (χ4v) is 3.04. The van der Waals surface area contributed by atoms with Crippen LogP contribution in [0.2, 0.25) is 0 Å². The van der Waals surface area contributed by atoms with E-state index in [0.717, 1.165) is 35.5 Å². The molecule has 2 rings (SSSR count). The van der Waals surface area contributed by atoms with Crippen molar-refractivity contribution in [2.24, 2.45) is 0 Å². The van der Waals surface area contributed by atoms with Gasteiger partial charge >= 0.3 is 0 Å². The van der Waals surface area contributed by atoms with Crippen molar-refractivity contribution in [2.75, 3.05) is 18.6 Å². The zero-order valence-electron chi connectivity index (χ0n) is 12.6. The van der Waals surface area contributed by atoms with Gasteiger partial charge in [-0.05, 0) is 25.7 Å². The van der Waals surface area contributed by atoms with Crippen molar-refractivity contribution in [3.8, 4) is 11.3 Å². The predicted molar refractivity (Wildman–Crippen MR) is 89.5 cm³/mol. The third-order valence-electron chi connectivity index (χ3n) is 3.45. The molecule has 1 aromatic heterocycles. The first-order valence-corrected chi connectivity index (χ1v) is 8.56. The van der Waals surface area contributed by atoms with Gasteiger partial charge in [-0.15, -0.1) is 0 Å². The average molecular weight is 305 g/mol. The summed E-state index contributed by atoms with van der Waals surface area (Å²) in [5.41, 5.74) is 4.62. The molecular formula is C16H23N3OS. The van der Waals surface area contributed by atoms with E-state index in [1.807, 2.05) is 6.20 Å². The minimum atomic E-state index is 0.217.